The van der Waals surface area contributed by atoms with Crippen LogP contribution >= 0.6 is 46.0 Å². The van der Waals surface area contributed by atoms with Crippen molar-refractivity contribution in [2.45, 2.75) is 13.5 Å². The summed E-state index contributed by atoms with van der Waals surface area (Å²) in [5.74, 6) is 0.660. The molecule has 1 aliphatic rings. The lowest BCUT2D eigenvalue weighted by molar-refractivity contribution is -0.113. The Hall–Kier alpha value is -3.00. The Morgan fingerprint density at radius 1 is 1.11 bits per heavy atom. The van der Waals surface area contributed by atoms with Gasteiger partial charge in [0.05, 0.1) is 32.4 Å². The van der Waals surface area contributed by atoms with Crippen LogP contribution in [0, 0.1) is 14.9 Å². The fraction of sp³-hybridized carbons (Fsp3) is 0.115. The number of anilines is 1. The number of thioether (sulfide) groups is 1. The summed E-state index contributed by atoms with van der Waals surface area (Å²) in [5.41, 5.74) is 2.48. The van der Waals surface area contributed by atoms with Crippen LogP contribution < -0.4 is 14.4 Å². The van der Waals surface area contributed by atoms with Gasteiger partial charge in [0.2, 0.25) is 0 Å². The number of ether oxygens (including phenoxy) is 2. The SMILES string of the molecule is CCOc1cc(/C=C2/SC(=O)N(c3ccc(Cl)cc3)C2=O)cc(I)c1OCc1ccccc1C#N. The lowest BCUT2D eigenvalue weighted by Crippen LogP contribution is -2.27. The van der Waals surface area contributed by atoms with Crippen molar-refractivity contribution >= 4 is 68.9 Å². The Kier molecular flexibility index (Phi) is 8.00. The largest absolute Gasteiger partial charge is 0.490 e. The van der Waals surface area contributed by atoms with Crippen LogP contribution in [0.1, 0.15) is 23.6 Å². The molecule has 1 fully saturated rings. The van der Waals surface area contributed by atoms with Crippen LogP contribution in [-0.4, -0.2) is 17.8 Å². The number of carbonyl (C=O) groups is 2. The molecule has 4 rings (SSSR count). The third kappa shape index (κ3) is 5.64. The normalized spacial score (nSPS) is 14.3. The highest BCUT2D eigenvalue weighted by Crippen LogP contribution is 2.39. The average Bonchev–Trinajstić information content (AvgIpc) is 3.12. The first-order chi connectivity index (χ1) is 16.9. The molecule has 0 atom stereocenters. The van der Waals surface area contributed by atoms with Gasteiger partial charge in [-0.1, -0.05) is 29.8 Å². The van der Waals surface area contributed by atoms with Gasteiger partial charge >= 0.3 is 0 Å². The summed E-state index contributed by atoms with van der Waals surface area (Å²) in [7, 11) is 0. The number of nitrogens with zero attached hydrogens (tertiary/aromatic N) is 2. The fourth-order valence-corrected chi connectivity index (χ4v) is 5.16. The Morgan fingerprint density at radius 3 is 2.57 bits per heavy atom. The van der Waals surface area contributed by atoms with Gasteiger partial charge in [0, 0.05) is 10.6 Å². The minimum Gasteiger partial charge on any atom is -0.490 e. The van der Waals surface area contributed by atoms with E-state index in [-0.39, 0.29) is 11.8 Å². The molecule has 1 heterocycles. The maximum absolute atomic E-state index is 13.0. The second kappa shape index (κ2) is 11.2. The van der Waals surface area contributed by atoms with E-state index in [1.54, 1.807) is 48.5 Å². The summed E-state index contributed by atoms with van der Waals surface area (Å²) in [5, 5.41) is 9.47. The second-order valence-corrected chi connectivity index (χ2v) is 9.91. The molecule has 0 bridgehead atoms. The zero-order chi connectivity index (χ0) is 24.9. The zero-order valence-electron chi connectivity index (χ0n) is 18.5. The van der Waals surface area contributed by atoms with Crippen molar-refractivity contribution in [3.05, 3.63) is 90.9 Å². The van der Waals surface area contributed by atoms with Crippen molar-refractivity contribution in [3.8, 4) is 17.6 Å². The topological polar surface area (TPSA) is 79.6 Å². The number of imide groups is 1. The van der Waals surface area contributed by atoms with E-state index in [9.17, 15) is 14.9 Å². The first-order valence-electron chi connectivity index (χ1n) is 10.5. The summed E-state index contributed by atoms with van der Waals surface area (Å²) < 4.78 is 12.6. The molecule has 0 spiro atoms. The van der Waals surface area contributed by atoms with Gasteiger partial charge in [-0.05, 0) is 95.4 Å². The lowest BCUT2D eigenvalue weighted by atomic mass is 10.1. The van der Waals surface area contributed by atoms with Gasteiger partial charge in [0.15, 0.2) is 11.5 Å². The number of halogens is 2. The molecule has 1 saturated heterocycles. The Labute approximate surface area is 225 Å². The first-order valence-corrected chi connectivity index (χ1v) is 12.8. The molecule has 3 aromatic carbocycles. The average molecular weight is 617 g/mol. The minimum absolute atomic E-state index is 0.207. The van der Waals surface area contributed by atoms with E-state index in [0.29, 0.717) is 44.8 Å². The third-order valence-electron chi connectivity index (χ3n) is 5.02. The van der Waals surface area contributed by atoms with Gasteiger partial charge in [-0.25, -0.2) is 4.90 Å². The molecule has 0 unspecified atom stereocenters. The highest BCUT2D eigenvalue weighted by molar-refractivity contribution is 14.1. The Balaban J connectivity index is 1.61. The smallest absolute Gasteiger partial charge is 0.298 e. The summed E-state index contributed by atoms with van der Waals surface area (Å²) in [6, 6.07) is 19.6. The molecule has 6 nitrogen and oxygen atoms in total. The maximum Gasteiger partial charge on any atom is 0.298 e. The van der Waals surface area contributed by atoms with Gasteiger partial charge in [0.25, 0.3) is 11.1 Å². The molecule has 0 aromatic heterocycles. The van der Waals surface area contributed by atoms with Crippen LogP contribution in [0.2, 0.25) is 5.02 Å². The molecule has 176 valence electrons. The maximum atomic E-state index is 13.0. The van der Waals surface area contributed by atoms with Crippen molar-refractivity contribution < 1.29 is 19.1 Å². The van der Waals surface area contributed by atoms with E-state index in [2.05, 4.69) is 28.7 Å². The third-order valence-corrected chi connectivity index (χ3v) is 6.94. The fourth-order valence-electron chi connectivity index (χ4n) is 3.41. The monoisotopic (exact) mass is 616 g/mol. The highest BCUT2D eigenvalue weighted by atomic mass is 127. The molecule has 0 aliphatic carbocycles. The number of carbonyl (C=O) groups excluding carboxylic acids is 2. The van der Waals surface area contributed by atoms with E-state index in [1.807, 2.05) is 25.1 Å². The second-order valence-electron chi connectivity index (χ2n) is 7.31. The summed E-state index contributed by atoms with van der Waals surface area (Å²) in [4.78, 5) is 27.0. The molecule has 0 N–H and O–H groups in total. The number of amides is 2. The number of benzene rings is 3. The molecular formula is C26H18ClIN2O4S. The van der Waals surface area contributed by atoms with E-state index >= 15 is 0 Å². The standard InChI is InChI=1S/C26H18ClIN2O4S/c1-2-33-22-12-16(11-21(28)24(22)34-15-18-6-4-3-5-17(18)14-29)13-23-25(31)30(26(32)35-23)20-9-7-19(27)8-10-20/h3-13H,2,15H2,1H3/b23-13+. The van der Waals surface area contributed by atoms with Crippen molar-refractivity contribution in [1.29, 1.82) is 5.26 Å². The quantitative estimate of drug-likeness (QED) is 0.209. The van der Waals surface area contributed by atoms with Crippen LogP contribution in [0.5, 0.6) is 11.5 Å². The zero-order valence-corrected chi connectivity index (χ0v) is 22.2. The van der Waals surface area contributed by atoms with Crippen molar-refractivity contribution in [2.24, 2.45) is 0 Å². The molecule has 0 saturated carbocycles. The summed E-state index contributed by atoms with van der Waals surface area (Å²) >= 11 is 8.95. The van der Waals surface area contributed by atoms with Crippen molar-refractivity contribution in [3.63, 3.8) is 0 Å². The van der Waals surface area contributed by atoms with Crippen LogP contribution in [0.15, 0.2) is 65.6 Å². The summed E-state index contributed by atoms with van der Waals surface area (Å²) in [6.07, 6.45) is 1.67. The van der Waals surface area contributed by atoms with E-state index in [4.69, 9.17) is 21.1 Å². The molecular weight excluding hydrogens is 599 g/mol. The first kappa shape index (κ1) is 25.1. The van der Waals surface area contributed by atoms with Crippen molar-refractivity contribution in [1.82, 2.24) is 0 Å². The molecule has 3 aromatic rings. The van der Waals surface area contributed by atoms with Crippen LogP contribution in [0.3, 0.4) is 0 Å². The van der Waals surface area contributed by atoms with Gasteiger partial charge in [-0.3, -0.25) is 9.59 Å². The Bertz CT molecular complexity index is 1370. The predicted octanol–water partition coefficient (Wildman–Crippen LogP) is 7.03. The number of rotatable bonds is 7. The van der Waals surface area contributed by atoms with Gasteiger partial charge in [-0.2, -0.15) is 5.26 Å². The number of hydrogen-bond acceptors (Lipinski definition) is 6. The molecule has 1 aliphatic heterocycles. The lowest BCUT2D eigenvalue weighted by Gasteiger charge is -2.15. The number of nitriles is 1. The molecule has 0 radical (unpaired) electrons. The van der Waals surface area contributed by atoms with Gasteiger partial charge < -0.3 is 9.47 Å². The molecule has 35 heavy (non-hydrogen) atoms. The van der Waals surface area contributed by atoms with Crippen LogP contribution in [0.4, 0.5) is 10.5 Å². The van der Waals surface area contributed by atoms with Gasteiger partial charge in [-0.15, -0.1) is 0 Å². The Morgan fingerprint density at radius 2 is 1.86 bits per heavy atom. The minimum atomic E-state index is -0.399. The van der Waals surface area contributed by atoms with E-state index in [1.165, 1.54) is 0 Å². The van der Waals surface area contributed by atoms with E-state index < -0.39 is 5.91 Å². The molecule has 9 heteroatoms. The predicted molar refractivity (Wildman–Crippen MR) is 146 cm³/mol. The van der Waals surface area contributed by atoms with E-state index in [0.717, 1.165) is 25.8 Å². The van der Waals surface area contributed by atoms with Crippen LogP contribution in [-0.2, 0) is 11.4 Å². The summed E-state index contributed by atoms with van der Waals surface area (Å²) in [6.45, 7) is 2.49. The van der Waals surface area contributed by atoms with Crippen molar-refractivity contribution in [2.75, 3.05) is 11.5 Å². The molecule has 2 amide bonds. The number of hydrogen-bond donors (Lipinski definition) is 0. The highest BCUT2D eigenvalue weighted by Gasteiger charge is 2.36. The van der Waals surface area contributed by atoms with Gasteiger partial charge in [0.1, 0.15) is 6.61 Å². The van der Waals surface area contributed by atoms with Crippen LogP contribution in [0.25, 0.3) is 6.08 Å².